The summed E-state index contributed by atoms with van der Waals surface area (Å²) in [6, 6.07) is 29.0. The van der Waals surface area contributed by atoms with Crippen molar-refractivity contribution in [3.8, 4) is 11.5 Å². The minimum absolute atomic E-state index is 0.0402. The maximum Gasteiger partial charge on any atom is 0.300 e. The number of carbonyl (C=O) groups excluding carboxylic acids is 2. The zero-order chi connectivity index (χ0) is 28.2. The number of rotatable bonds is 8. The Morgan fingerprint density at radius 3 is 2.30 bits per heavy atom. The Morgan fingerprint density at radius 1 is 0.825 bits per heavy atom. The number of aliphatic hydroxyl groups is 1. The first-order valence-corrected chi connectivity index (χ1v) is 13.3. The van der Waals surface area contributed by atoms with Crippen molar-refractivity contribution in [2.24, 2.45) is 0 Å². The number of aliphatic hydroxyl groups excluding tert-OH is 1. The molecule has 40 heavy (non-hydrogen) atoms. The summed E-state index contributed by atoms with van der Waals surface area (Å²) < 4.78 is 11.6. The van der Waals surface area contributed by atoms with Crippen LogP contribution in [0, 0.1) is 13.8 Å². The van der Waals surface area contributed by atoms with Crippen LogP contribution in [-0.4, -0.2) is 23.4 Å². The second-order valence-electron chi connectivity index (χ2n) is 9.71. The number of benzene rings is 4. The monoisotopic (exact) mass is 533 g/mol. The van der Waals surface area contributed by atoms with Gasteiger partial charge in [0.25, 0.3) is 11.7 Å². The first-order valence-electron chi connectivity index (χ1n) is 13.3. The molecule has 1 heterocycles. The van der Waals surface area contributed by atoms with Gasteiger partial charge in [-0.25, -0.2) is 0 Å². The highest BCUT2D eigenvalue weighted by molar-refractivity contribution is 6.51. The normalized spacial score (nSPS) is 16.3. The molecule has 1 aliphatic rings. The van der Waals surface area contributed by atoms with E-state index in [1.54, 1.807) is 42.5 Å². The Hall–Kier alpha value is -4.84. The highest BCUT2D eigenvalue weighted by Gasteiger charge is 2.47. The number of hydrogen-bond donors (Lipinski definition) is 1. The molecule has 1 aliphatic heterocycles. The molecule has 0 bridgehead atoms. The Kier molecular flexibility index (Phi) is 7.69. The van der Waals surface area contributed by atoms with E-state index < -0.39 is 17.7 Å². The van der Waals surface area contributed by atoms with Crippen molar-refractivity contribution >= 4 is 23.1 Å². The van der Waals surface area contributed by atoms with Gasteiger partial charge in [-0.1, -0.05) is 60.7 Å². The molecule has 0 saturated carbocycles. The molecule has 6 heteroatoms. The Bertz CT molecular complexity index is 1590. The number of amides is 1. The van der Waals surface area contributed by atoms with Crippen LogP contribution in [0.4, 0.5) is 5.69 Å². The van der Waals surface area contributed by atoms with Crippen LogP contribution in [0.2, 0.25) is 0 Å². The lowest BCUT2D eigenvalue weighted by molar-refractivity contribution is -0.132. The first kappa shape index (κ1) is 26.8. The topological polar surface area (TPSA) is 76.1 Å². The van der Waals surface area contributed by atoms with Gasteiger partial charge in [-0.05, 0) is 73.4 Å². The molecule has 0 spiro atoms. The highest BCUT2D eigenvalue weighted by atomic mass is 16.5. The maximum atomic E-state index is 13.6. The van der Waals surface area contributed by atoms with Crippen molar-refractivity contribution in [3.05, 3.63) is 130 Å². The number of Topliss-reactive ketones (excluding diaryl/α,β-unsaturated/α-hetero) is 1. The highest BCUT2D eigenvalue weighted by Crippen LogP contribution is 2.44. The van der Waals surface area contributed by atoms with Crippen LogP contribution in [0.1, 0.15) is 40.8 Å². The van der Waals surface area contributed by atoms with Crippen molar-refractivity contribution in [3.63, 3.8) is 0 Å². The Morgan fingerprint density at radius 2 is 1.57 bits per heavy atom. The van der Waals surface area contributed by atoms with Crippen molar-refractivity contribution in [2.45, 2.75) is 33.4 Å². The van der Waals surface area contributed by atoms with E-state index in [-0.39, 0.29) is 11.3 Å². The number of ketones is 1. The Balaban J connectivity index is 1.57. The van der Waals surface area contributed by atoms with E-state index in [2.05, 4.69) is 0 Å². The molecule has 0 radical (unpaired) electrons. The molecule has 1 fully saturated rings. The van der Waals surface area contributed by atoms with Crippen LogP contribution in [0.3, 0.4) is 0 Å². The summed E-state index contributed by atoms with van der Waals surface area (Å²) in [6.45, 7) is 6.56. The molecule has 1 unspecified atom stereocenters. The van der Waals surface area contributed by atoms with Gasteiger partial charge < -0.3 is 14.6 Å². The molecule has 0 aliphatic carbocycles. The molecule has 1 atom stereocenters. The second kappa shape index (κ2) is 11.5. The predicted molar refractivity (Wildman–Crippen MR) is 156 cm³/mol. The van der Waals surface area contributed by atoms with Crippen molar-refractivity contribution in [1.82, 2.24) is 0 Å². The minimum atomic E-state index is -0.813. The molecule has 1 amide bonds. The molecular formula is C34H31NO5. The van der Waals surface area contributed by atoms with Crippen molar-refractivity contribution < 1.29 is 24.2 Å². The van der Waals surface area contributed by atoms with Crippen molar-refractivity contribution in [2.75, 3.05) is 11.5 Å². The molecule has 6 nitrogen and oxygen atoms in total. The summed E-state index contributed by atoms with van der Waals surface area (Å²) >= 11 is 0. The predicted octanol–water partition coefficient (Wildman–Crippen LogP) is 6.91. The van der Waals surface area contributed by atoms with Crippen LogP contribution in [0.25, 0.3) is 5.76 Å². The van der Waals surface area contributed by atoms with Crippen LogP contribution in [0.5, 0.6) is 11.5 Å². The number of aryl methyl sites for hydroxylation is 2. The molecular weight excluding hydrogens is 502 g/mol. The van der Waals surface area contributed by atoms with Gasteiger partial charge in [-0.15, -0.1) is 0 Å². The molecule has 202 valence electrons. The smallest absolute Gasteiger partial charge is 0.300 e. The second-order valence-corrected chi connectivity index (χ2v) is 9.71. The zero-order valence-electron chi connectivity index (χ0n) is 22.8. The van der Waals surface area contributed by atoms with Crippen LogP contribution < -0.4 is 14.4 Å². The summed E-state index contributed by atoms with van der Waals surface area (Å²) in [5.74, 6) is -0.415. The molecule has 1 N–H and O–H groups in total. The number of anilines is 1. The largest absolute Gasteiger partial charge is 0.507 e. The first-order chi connectivity index (χ1) is 19.4. The fraction of sp³-hybridized carbons (Fsp3) is 0.176. The third-order valence-electron chi connectivity index (χ3n) is 7.02. The summed E-state index contributed by atoms with van der Waals surface area (Å²) in [6.07, 6.45) is 0. The summed E-state index contributed by atoms with van der Waals surface area (Å²) in [7, 11) is 0. The molecule has 4 aromatic carbocycles. The molecule has 4 aromatic rings. The minimum Gasteiger partial charge on any atom is -0.507 e. The summed E-state index contributed by atoms with van der Waals surface area (Å²) in [5.41, 5.74) is 4.48. The summed E-state index contributed by atoms with van der Waals surface area (Å²) in [5, 5.41) is 11.6. The van der Waals surface area contributed by atoms with Crippen LogP contribution in [0.15, 0.2) is 103 Å². The summed E-state index contributed by atoms with van der Waals surface area (Å²) in [4.78, 5) is 28.5. The van der Waals surface area contributed by atoms with E-state index in [1.807, 2.05) is 75.4 Å². The average Bonchev–Trinajstić information content (AvgIpc) is 3.23. The Labute approximate surface area is 234 Å². The fourth-order valence-corrected chi connectivity index (χ4v) is 5.03. The van der Waals surface area contributed by atoms with Gasteiger partial charge >= 0.3 is 0 Å². The van der Waals surface area contributed by atoms with Gasteiger partial charge in [0.1, 0.15) is 23.9 Å². The lowest BCUT2D eigenvalue weighted by Gasteiger charge is -2.27. The number of ether oxygens (including phenoxy) is 2. The van der Waals surface area contributed by atoms with Crippen LogP contribution >= 0.6 is 0 Å². The van der Waals surface area contributed by atoms with Gasteiger partial charge in [0, 0.05) is 17.3 Å². The zero-order valence-corrected chi connectivity index (χ0v) is 22.8. The number of carbonyl (C=O) groups is 2. The third-order valence-corrected chi connectivity index (χ3v) is 7.02. The van der Waals surface area contributed by atoms with Gasteiger partial charge in [0.15, 0.2) is 0 Å². The maximum absolute atomic E-state index is 13.6. The molecule has 1 saturated heterocycles. The standard InChI is InChI=1S/C34H31NO5/c1-4-39-27-15-10-14-26(20-27)35-31(28-16-9-8-11-22(28)2)30(33(37)34(35)38)32(36)25-17-18-29(23(3)19-25)40-21-24-12-6-5-7-13-24/h5-20,31,36H,4,21H2,1-3H3/b32-30+. The van der Waals surface area contributed by atoms with E-state index in [0.717, 1.165) is 22.3 Å². The quantitative estimate of drug-likeness (QED) is 0.151. The van der Waals surface area contributed by atoms with E-state index in [0.29, 0.717) is 36.0 Å². The third kappa shape index (κ3) is 5.21. The van der Waals surface area contributed by atoms with Gasteiger partial charge in [-0.3, -0.25) is 14.5 Å². The van der Waals surface area contributed by atoms with E-state index >= 15 is 0 Å². The van der Waals surface area contributed by atoms with Crippen LogP contribution in [-0.2, 0) is 16.2 Å². The lowest BCUT2D eigenvalue weighted by atomic mass is 9.92. The lowest BCUT2D eigenvalue weighted by Crippen LogP contribution is -2.29. The SMILES string of the molecule is CCOc1cccc(N2C(=O)C(=O)/C(=C(/O)c3ccc(OCc4ccccc4)c(C)c3)C2c2ccccc2C)c1. The van der Waals surface area contributed by atoms with Crippen molar-refractivity contribution in [1.29, 1.82) is 0 Å². The molecule has 5 rings (SSSR count). The average molecular weight is 534 g/mol. The van der Waals surface area contributed by atoms with E-state index in [9.17, 15) is 14.7 Å². The van der Waals surface area contributed by atoms with E-state index in [4.69, 9.17) is 9.47 Å². The molecule has 0 aromatic heterocycles. The fourth-order valence-electron chi connectivity index (χ4n) is 5.03. The number of hydrogen-bond acceptors (Lipinski definition) is 5. The van der Waals surface area contributed by atoms with Gasteiger partial charge in [0.05, 0.1) is 18.2 Å². The number of nitrogens with zero attached hydrogens (tertiary/aromatic N) is 1. The van der Waals surface area contributed by atoms with E-state index in [1.165, 1.54) is 4.90 Å². The van der Waals surface area contributed by atoms with Gasteiger partial charge in [-0.2, -0.15) is 0 Å². The van der Waals surface area contributed by atoms with Gasteiger partial charge in [0.2, 0.25) is 0 Å².